The summed E-state index contributed by atoms with van der Waals surface area (Å²) in [6, 6.07) is 5.27. The molecule has 84 valence electrons. The Kier molecular flexibility index (Phi) is 5.56. The number of hydrogen-bond acceptors (Lipinski definition) is 3. The fraction of sp³-hybridized carbons (Fsp3) is 0.300. The Morgan fingerprint density at radius 1 is 1.27 bits per heavy atom. The Labute approximate surface area is 94.8 Å². The molecule has 2 N–H and O–H groups in total. The lowest BCUT2D eigenvalue weighted by Gasteiger charge is -2.08. The minimum absolute atomic E-state index is 0. The van der Waals surface area contributed by atoms with Gasteiger partial charge in [-0.05, 0) is 17.7 Å². The van der Waals surface area contributed by atoms with Gasteiger partial charge in [0.05, 0.1) is 20.6 Å². The molecule has 5 heteroatoms. The number of primary amides is 1. The average Bonchev–Trinajstić information content (AvgIpc) is 2.16. The van der Waals surface area contributed by atoms with Gasteiger partial charge < -0.3 is 15.2 Å². The fourth-order valence-corrected chi connectivity index (χ4v) is 1.19. The number of nitrogens with two attached hydrogens (primary N) is 1. The van der Waals surface area contributed by atoms with Gasteiger partial charge in [0.15, 0.2) is 11.5 Å². The molecule has 0 radical (unpaired) electrons. The van der Waals surface area contributed by atoms with Crippen LogP contribution in [0.5, 0.6) is 11.5 Å². The van der Waals surface area contributed by atoms with Crippen LogP contribution in [-0.2, 0) is 11.2 Å². The zero-order valence-electron chi connectivity index (χ0n) is 8.65. The van der Waals surface area contributed by atoms with Crippen molar-refractivity contribution < 1.29 is 14.3 Å². The van der Waals surface area contributed by atoms with Gasteiger partial charge in [0, 0.05) is 0 Å². The Morgan fingerprint density at radius 2 is 1.87 bits per heavy atom. The number of ether oxygens (including phenoxy) is 2. The molecule has 0 fully saturated rings. The molecule has 1 aromatic carbocycles. The van der Waals surface area contributed by atoms with E-state index >= 15 is 0 Å². The molecule has 0 aliphatic carbocycles. The second kappa shape index (κ2) is 6.14. The van der Waals surface area contributed by atoms with E-state index in [-0.39, 0.29) is 24.7 Å². The molecule has 4 nitrogen and oxygen atoms in total. The Bertz CT molecular complexity index is 341. The molecule has 0 bridgehead atoms. The van der Waals surface area contributed by atoms with Crippen LogP contribution in [0.2, 0.25) is 0 Å². The highest BCUT2D eigenvalue weighted by atomic mass is 35.5. The maximum absolute atomic E-state index is 10.7. The van der Waals surface area contributed by atoms with Crippen LogP contribution in [0.15, 0.2) is 18.2 Å². The van der Waals surface area contributed by atoms with Crippen molar-refractivity contribution in [3.05, 3.63) is 23.8 Å². The fourth-order valence-electron chi connectivity index (χ4n) is 1.19. The van der Waals surface area contributed by atoms with E-state index in [1.165, 1.54) is 0 Å². The van der Waals surface area contributed by atoms with E-state index in [2.05, 4.69) is 0 Å². The molecular weight excluding hydrogens is 218 g/mol. The van der Waals surface area contributed by atoms with E-state index < -0.39 is 0 Å². The predicted octanol–water partition coefficient (Wildman–Crippen LogP) is 1.15. The minimum atomic E-state index is -0.364. The lowest BCUT2D eigenvalue weighted by molar-refractivity contribution is -0.117. The molecule has 0 atom stereocenters. The van der Waals surface area contributed by atoms with Gasteiger partial charge in [-0.2, -0.15) is 0 Å². The third-order valence-corrected chi connectivity index (χ3v) is 1.83. The summed E-state index contributed by atoms with van der Waals surface area (Å²) in [6.07, 6.45) is 0.209. The van der Waals surface area contributed by atoms with E-state index in [0.717, 1.165) is 5.56 Å². The van der Waals surface area contributed by atoms with E-state index in [1.54, 1.807) is 32.4 Å². The number of carbonyl (C=O) groups is 1. The molecule has 0 heterocycles. The van der Waals surface area contributed by atoms with E-state index in [9.17, 15) is 4.79 Å². The summed E-state index contributed by atoms with van der Waals surface area (Å²) in [5.74, 6) is 0.879. The van der Waals surface area contributed by atoms with Gasteiger partial charge in [-0.25, -0.2) is 0 Å². The summed E-state index contributed by atoms with van der Waals surface area (Å²) >= 11 is 0. The first-order chi connectivity index (χ1) is 6.67. The molecule has 1 aromatic rings. The van der Waals surface area contributed by atoms with E-state index in [1.807, 2.05) is 0 Å². The summed E-state index contributed by atoms with van der Waals surface area (Å²) in [7, 11) is 3.11. The highest BCUT2D eigenvalue weighted by Crippen LogP contribution is 2.27. The highest BCUT2D eigenvalue weighted by molar-refractivity contribution is 5.85. The molecule has 1 rings (SSSR count). The van der Waals surface area contributed by atoms with Crippen molar-refractivity contribution in [3.63, 3.8) is 0 Å². The number of amides is 1. The van der Waals surface area contributed by atoms with Crippen molar-refractivity contribution in [3.8, 4) is 11.5 Å². The predicted molar refractivity (Wildman–Crippen MR) is 59.7 cm³/mol. The Hall–Kier alpha value is -1.42. The van der Waals surface area contributed by atoms with E-state index in [0.29, 0.717) is 11.5 Å². The van der Waals surface area contributed by atoms with E-state index in [4.69, 9.17) is 15.2 Å². The van der Waals surface area contributed by atoms with Crippen LogP contribution < -0.4 is 15.2 Å². The molecule has 0 unspecified atom stereocenters. The van der Waals surface area contributed by atoms with Gasteiger partial charge in [-0.15, -0.1) is 12.4 Å². The SMILES string of the molecule is COc1ccc(CC(N)=O)cc1OC.Cl. The molecule has 0 aliphatic heterocycles. The number of carbonyl (C=O) groups excluding carboxylic acids is 1. The average molecular weight is 232 g/mol. The summed E-state index contributed by atoms with van der Waals surface area (Å²) in [5, 5.41) is 0. The third kappa shape index (κ3) is 3.67. The quantitative estimate of drug-likeness (QED) is 0.846. The molecule has 0 aromatic heterocycles. The molecule has 0 saturated carbocycles. The summed E-state index contributed by atoms with van der Waals surface area (Å²) in [6.45, 7) is 0. The first-order valence-electron chi connectivity index (χ1n) is 4.16. The minimum Gasteiger partial charge on any atom is -0.493 e. The number of hydrogen-bond donors (Lipinski definition) is 1. The van der Waals surface area contributed by atoms with Crippen molar-refractivity contribution in [2.45, 2.75) is 6.42 Å². The molecule has 1 amide bonds. The van der Waals surface area contributed by atoms with Crippen LogP contribution in [-0.4, -0.2) is 20.1 Å². The smallest absolute Gasteiger partial charge is 0.221 e. The largest absolute Gasteiger partial charge is 0.493 e. The van der Waals surface area contributed by atoms with Crippen LogP contribution in [0.25, 0.3) is 0 Å². The zero-order chi connectivity index (χ0) is 10.6. The topological polar surface area (TPSA) is 61.5 Å². The number of methoxy groups -OCH3 is 2. The van der Waals surface area contributed by atoms with Gasteiger partial charge in [0.25, 0.3) is 0 Å². The summed E-state index contributed by atoms with van der Waals surface area (Å²) in [4.78, 5) is 10.7. The van der Waals surface area contributed by atoms with Crippen molar-refractivity contribution >= 4 is 18.3 Å². The molecule has 0 aliphatic rings. The van der Waals surface area contributed by atoms with Crippen LogP contribution in [0.3, 0.4) is 0 Å². The lowest BCUT2D eigenvalue weighted by Crippen LogP contribution is -2.13. The summed E-state index contributed by atoms with van der Waals surface area (Å²) < 4.78 is 10.1. The van der Waals surface area contributed by atoms with Crippen molar-refractivity contribution in [1.29, 1.82) is 0 Å². The van der Waals surface area contributed by atoms with Gasteiger partial charge in [-0.1, -0.05) is 6.07 Å². The van der Waals surface area contributed by atoms with Crippen molar-refractivity contribution in [2.24, 2.45) is 5.73 Å². The van der Waals surface area contributed by atoms with Crippen LogP contribution in [0.4, 0.5) is 0 Å². The molecule has 0 spiro atoms. The van der Waals surface area contributed by atoms with Gasteiger partial charge >= 0.3 is 0 Å². The normalized spacial score (nSPS) is 8.93. The Morgan fingerprint density at radius 3 is 2.33 bits per heavy atom. The monoisotopic (exact) mass is 231 g/mol. The second-order valence-electron chi connectivity index (χ2n) is 2.83. The van der Waals surface area contributed by atoms with Gasteiger partial charge in [0.1, 0.15) is 0 Å². The third-order valence-electron chi connectivity index (χ3n) is 1.83. The molecular formula is C10H14ClNO3. The maximum atomic E-state index is 10.7. The lowest BCUT2D eigenvalue weighted by atomic mass is 10.1. The number of benzene rings is 1. The van der Waals surface area contributed by atoms with Crippen LogP contribution >= 0.6 is 12.4 Å². The highest BCUT2D eigenvalue weighted by Gasteiger charge is 2.05. The number of halogens is 1. The van der Waals surface area contributed by atoms with Crippen LogP contribution in [0.1, 0.15) is 5.56 Å². The second-order valence-corrected chi connectivity index (χ2v) is 2.83. The molecule has 0 saturated heterocycles. The van der Waals surface area contributed by atoms with Gasteiger partial charge in [-0.3, -0.25) is 4.79 Å². The van der Waals surface area contributed by atoms with Gasteiger partial charge in [0.2, 0.25) is 5.91 Å². The van der Waals surface area contributed by atoms with Crippen molar-refractivity contribution in [2.75, 3.05) is 14.2 Å². The number of rotatable bonds is 4. The van der Waals surface area contributed by atoms with Crippen LogP contribution in [0, 0.1) is 0 Å². The zero-order valence-corrected chi connectivity index (χ0v) is 9.47. The molecule has 15 heavy (non-hydrogen) atoms. The Balaban J connectivity index is 0.00000196. The first-order valence-corrected chi connectivity index (χ1v) is 4.16. The standard InChI is InChI=1S/C10H13NO3.ClH/c1-13-8-4-3-7(6-10(11)12)5-9(8)14-2;/h3-5H,6H2,1-2H3,(H2,11,12);1H. The van der Waals surface area contributed by atoms with Crippen molar-refractivity contribution in [1.82, 2.24) is 0 Å². The first kappa shape index (κ1) is 13.6. The maximum Gasteiger partial charge on any atom is 0.221 e. The summed E-state index contributed by atoms with van der Waals surface area (Å²) in [5.41, 5.74) is 5.89.